The van der Waals surface area contributed by atoms with E-state index in [2.05, 4.69) is 38.2 Å². The topological polar surface area (TPSA) is 72.8 Å². The van der Waals surface area contributed by atoms with Crippen molar-refractivity contribution in [3.8, 4) is 0 Å². The van der Waals surface area contributed by atoms with Crippen LogP contribution in [0.3, 0.4) is 0 Å². The molecule has 0 bridgehead atoms. The Morgan fingerprint density at radius 3 is 0.711 bits per heavy atom. The quantitative estimate of drug-likeness (QED) is 0.0373. The smallest absolute Gasteiger partial charge is 0.306 e. The minimum Gasteiger partial charge on any atom is -0.462 e. The molecule has 0 rings (SSSR count). The molecule has 0 amide bonds. The molecule has 0 saturated heterocycles. The first kappa shape index (κ1) is 81.4. The predicted octanol–water partition coefficient (Wildman–Crippen LogP) is 26.7. The van der Waals surface area contributed by atoms with Crippen LogP contribution < -0.4 is 0 Å². The zero-order valence-corrected chi connectivity index (χ0v) is 56.8. The highest BCUT2D eigenvalue weighted by Crippen LogP contribution is 2.20. The largest absolute Gasteiger partial charge is 0.462 e. The summed E-state index contributed by atoms with van der Waals surface area (Å²) in [6, 6.07) is 0. The van der Waals surface area contributed by atoms with Gasteiger partial charge in [-0.25, -0.2) is 0 Å². The van der Waals surface area contributed by atoms with Crippen molar-refractivity contribution in [1.29, 1.82) is 0 Å². The standard InChI is InChI=1S/C78H150O5/c1-3-5-7-9-11-13-15-17-19-21-23-25-27-29-31-33-35-36-37-38-39-40-41-42-43-45-47-49-51-53-55-57-59-61-63-65-67-69-71-73-78(81)83-76(74-79)75-82-77(80)72-70-68-66-64-62-60-58-56-54-52-50-48-46-44-34-32-30-28-26-24-22-20-18-16-14-12-10-8-6-4-2/h15,17,21,23,76,79H,3-14,16,18-20,22,24-75H2,1-2H3/b17-15-,23-21-. The van der Waals surface area contributed by atoms with Gasteiger partial charge in [-0.2, -0.15) is 0 Å². The number of esters is 2. The van der Waals surface area contributed by atoms with E-state index < -0.39 is 6.10 Å². The van der Waals surface area contributed by atoms with Gasteiger partial charge in [0.05, 0.1) is 6.61 Å². The highest BCUT2D eigenvalue weighted by Gasteiger charge is 2.16. The monoisotopic (exact) mass is 1170 g/mol. The molecular weight excluding hydrogens is 1020 g/mol. The Labute approximate surface area is 521 Å². The molecule has 0 aromatic rings. The lowest BCUT2D eigenvalue weighted by molar-refractivity contribution is -0.161. The summed E-state index contributed by atoms with van der Waals surface area (Å²) in [7, 11) is 0. The average Bonchev–Trinajstić information content (AvgIpc) is 3.49. The molecule has 1 atom stereocenters. The van der Waals surface area contributed by atoms with Gasteiger partial charge in [0.25, 0.3) is 0 Å². The Hall–Kier alpha value is -1.62. The van der Waals surface area contributed by atoms with Crippen LogP contribution in [0.5, 0.6) is 0 Å². The highest BCUT2D eigenvalue weighted by molar-refractivity contribution is 5.70. The SMILES string of the molecule is CCCCCCC/C=C\C/C=C\CCCCCCCCCCCCCCCCCCCCCCCCCCCCCC(=O)OC(CO)COC(=O)CCCCCCCCCCCCCCCCCCCCCCCCCCCCCCCC. The van der Waals surface area contributed by atoms with Gasteiger partial charge in [-0.15, -0.1) is 0 Å². The van der Waals surface area contributed by atoms with E-state index in [1.807, 2.05) is 0 Å². The minimum absolute atomic E-state index is 0.0567. The molecule has 0 aromatic heterocycles. The van der Waals surface area contributed by atoms with Gasteiger partial charge in [-0.1, -0.05) is 411 Å². The number of ether oxygens (including phenoxy) is 2. The lowest BCUT2D eigenvalue weighted by Crippen LogP contribution is -2.28. The maximum Gasteiger partial charge on any atom is 0.306 e. The Bertz CT molecular complexity index is 1280. The second kappa shape index (κ2) is 74.6. The van der Waals surface area contributed by atoms with Crippen LogP contribution in [-0.4, -0.2) is 36.4 Å². The van der Waals surface area contributed by atoms with E-state index in [0.717, 1.165) is 38.5 Å². The zero-order chi connectivity index (χ0) is 59.8. The molecule has 0 aliphatic rings. The first-order chi connectivity index (χ1) is 41.1. The van der Waals surface area contributed by atoms with Crippen molar-refractivity contribution < 1.29 is 24.2 Å². The van der Waals surface area contributed by atoms with E-state index in [1.165, 1.54) is 379 Å². The lowest BCUT2D eigenvalue weighted by atomic mass is 10.0. The van der Waals surface area contributed by atoms with Crippen molar-refractivity contribution in [3.05, 3.63) is 24.3 Å². The van der Waals surface area contributed by atoms with E-state index in [1.54, 1.807) is 0 Å². The van der Waals surface area contributed by atoms with Crippen molar-refractivity contribution in [2.45, 2.75) is 450 Å². The Kier molecular flexibility index (Phi) is 73.2. The summed E-state index contributed by atoms with van der Waals surface area (Å²) in [5.74, 6) is -0.559. The van der Waals surface area contributed by atoms with Crippen LogP contribution in [0, 0.1) is 0 Å². The van der Waals surface area contributed by atoms with Crippen LogP contribution in [0.15, 0.2) is 24.3 Å². The van der Waals surface area contributed by atoms with Crippen LogP contribution in [-0.2, 0) is 19.1 Å². The van der Waals surface area contributed by atoms with Crippen molar-refractivity contribution >= 4 is 11.9 Å². The van der Waals surface area contributed by atoms with E-state index in [0.29, 0.717) is 12.8 Å². The summed E-state index contributed by atoms with van der Waals surface area (Å²) in [5, 5.41) is 9.72. The minimum atomic E-state index is -0.768. The molecule has 492 valence electrons. The number of hydrogen-bond donors (Lipinski definition) is 1. The Balaban J connectivity index is 3.35. The van der Waals surface area contributed by atoms with Crippen LogP contribution in [0.4, 0.5) is 0 Å². The van der Waals surface area contributed by atoms with Crippen molar-refractivity contribution in [2.75, 3.05) is 13.2 Å². The van der Waals surface area contributed by atoms with Gasteiger partial charge < -0.3 is 14.6 Å². The van der Waals surface area contributed by atoms with Gasteiger partial charge in [0, 0.05) is 12.8 Å². The van der Waals surface area contributed by atoms with Crippen LogP contribution in [0.1, 0.15) is 444 Å². The number of carbonyl (C=O) groups excluding carboxylic acids is 2. The van der Waals surface area contributed by atoms with E-state index in [4.69, 9.17) is 9.47 Å². The number of hydrogen-bond acceptors (Lipinski definition) is 5. The molecule has 5 heteroatoms. The molecule has 0 aromatic carbocycles. The van der Waals surface area contributed by atoms with E-state index >= 15 is 0 Å². The molecule has 0 spiro atoms. The summed E-state index contributed by atoms with van der Waals surface area (Å²) in [6.07, 6.45) is 98.3. The van der Waals surface area contributed by atoms with Gasteiger partial charge in [0.1, 0.15) is 6.61 Å². The third-order valence-electron chi connectivity index (χ3n) is 18.0. The number of aliphatic hydroxyl groups excluding tert-OH is 1. The maximum atomic E-state index is 12.4. The molecule has 0 saturated carbocycles. The maximum absolute atomic E-state index is 12.4. The number of rotatable bonds is 73. The molecular formula is C78H150O5. The summed E-state index contributed by atoms with van der Waals surface area (Å²) >= 11 is 0. The van der Waals surface area contributed by atoms with Crippen LogP contribution >= 0.6 is 0 Å². The predicted molar refractivity (Wildman–Crippen MR) is 367 cm³/mol. The molecule has 1 unspecified atom stereocenters. The van der Waals surface area contributed by atoms with Crippen LogP contribution in [0.2, 0.25) is 0 Å². The fourth-order valence-corrected chi connectivity index (χ4v) is 12.2. The van der Waals surface area contributed by atoms with Gasteiger partial charge >= 0.3 is 11.9 Å². The van der Waals surface area contributed by atoms with Crippen molar-refractivity contribution in [2.24, 2.45) is 0 Å². The van der Waals surface area contributed by atoms with Crippen molar-refractivity contribution in [1.82, 2.24) is 0 Å². The third kappa shape index (κ3) is 72.8. The number of carbonyl (C=O) groups is 2. The fourth-order valence-electron chi connectivity index (χ4n) is 12.2. The fraction of sp³-hybridized carbons (Fsp3) is 0.923. The second-order valence-corrected chi connectivity index (χ2v) is 26.4. The normalized spacial score (nSPS) is 12.2. The lowest BCUT2D eigenvalue weighted by Gasteiger charge is -2.15. The Morgan fingerprint density at radius 2 is 0.482 bits per heavy atom. The zero-order valence-electron chi connectivity index (χ0n) is 56.8. The van der Waals surface area contributed by atoms with Gasteiger partial charge in [-0.3, -0.25) is 9.59 Å². The summed E-state index contributed by atoms with van der Waals surface area (Å²) in [4.78, 5) is 24.7. The van der Waals surface area contributed by atoms with Gasteiger partial charge in [-0.05, 0) is 44.9 Å². The van der Waals surface area contributed by atoms with Crippen LogP contribution in [0.25, 0.3) is 0 Å². The molecule has 0 fully saturated rings. The number of unbranched alkanes of at least 4 members (excludes halogenated alkanes) is 61. The average molecular weight is 1170 g/mol. The molecule has 0 radical (unpaired) electrons. The summed E-state index contributed by atoms with van der Waals surface area (Å²) < 4.78 is 10.8. The highest BCUT2D eigenvalue weighted by atomic mass is 16.6. The molecule has 5 nitrogen and oxygen atoms in total. The summed E-state index contributed by atoms with van der Waals surface area (Å²) in [5.41, 5.74) is 0. The molecule has 83 heavy (non-hydrogen) atoms. The number of aliphatic hydroxyl groups is 1. The molecule has 0 heterocycles. The molecule has 1 N–H and O–H groups in total. The number of allylic oxidation sites excluding steroid dienone is 4. The summed E-state index contributed by atoms with van der Waals surface area (Å²) in [6.45, 7) is 4.21. The van der Waals surface area contributed by atoms with Gasteiger partial charge in [0.15, 0.2) is 6.10 Å². The molecule has 0 aliphatic heterocycles. The van der Waals surface area contributed by atoms with Gasteiger partial charge in [0.2, 0.25) is 0 Å². The Morgan fingerprint density at radius 1 is 0.277 bits per heavy atom. The second-order valence-electron chi connectivity index (χ2n) is 26.4. The van der Waals surface area contributed by atoms with E-state index in [9.17, 15) is 14.7 Å². The van der Waals surface area contributed by atoms with Crippen molar-refractivity contribution in [3.63, 3.8) is 0 Å². The first-order valence-electron chi connectivity index (χ1n) is 38.4. The van der Waals surface area contributed by atoms with E-state index in [-0.39, 0.29) is 25.2 Å². The first-order valence-corrected chi connectivity index (χ1v) is 38.4. The third-order valence-corrected chi connectivity index (χ3v) is 18.0. The molecule has 0 aliphatic carbocycles.